The van der Waals surface area contributed by atoms with Crippen molar-refractivity contribution in [3.63, 3.8) is 0 Å². The van der Waals surface area contributed by atoms with Gasteiger partial charge in [-0.1, -0.05) is 13.8 Å². The summed E-state index contributed by atoms with van der Waals surface area (Å²) in [4.78, 5) is 51.8. The van der Waals surface area contributed by atoms with Crippen LogP contribution in [0.25, 0.3) is 0 Å². The first kappa shape index (κ1) is 20.9. The lowest BCUT2D eigenvalue weighted by Gasteiger charge is -2.62. The van der Waals surface area contributed by atoms with Gasteiger partial charge in [0.05, 0.1) is 18.4 Å². The molecule has 0 bridgehead atoms. The Balaban J connectivity index is 1.69. The van der Waals surface area contributed by atoms with E-state index in [0.717, 1.165) is 0 Å². The van der Waals surface area contributed by atoms with E-state index in [9.17, 15) is 19.2 Å². The third kappa shape index (κ3) is 2.55. The van der Waals surface area contributed by atoms with Gasteiger partial charge in [0.25, 0.3) is 0 Å². The molecular weight excluding hydrogens is 400 g/mol. The Hall–Kier alpha value is -2.02. The van der Waals surface area contributed by atoms with Crippen molar-refractivity contribution in [2.45, 2.75) is 58.7 Å². The van der Waals surface area contributed by atoms with Crippen molar-refractivity contribution in [1.29, 1.82) is 0 Å². The van der Waals surface area contributed by atoms with E-state index >= 15 is 0 Å². The van der Waals surface area contributed by atoms with Gasteiger partial charge in [-0.15, -0.1) is 0 Å². The normalized spacial score (nSPS) is 47.7. The van der Waals surface area contributed by atoms with Gasteiger partial charge in [0.1, 0.15) is 17.7 Å². The van der Waals surface area contributed by atoms with E-state index in [1.807, 2.05) is 6.92 Å². The highest BCUT2D eigenvalue weighted by Crippen LogP contribution is 2.68. The van der Waals surface area contributed by atoms with Crippen LogP contribution >= 0.6 is 0 Å². The van der Waals surface area contributed by atoms with Crippen LogP contribution in [0.1, 0.15) is 46.5 Å². The minimum Gasteiger partial charge on any atom is -0.489 e. The summed E-state index contributed by atoms with van der Waals surface area (Å²) in [6, 6.07) is 0. The lowest BCUT2D eigenvalue weighted by atomic mass is 9.41. The van der Waals surface area contributed by atoms with Crippen LogP contribution in [0.4, 0.5) is 0 Å². The third-order valence-electron chi connectivity index (χ3n) is 9.18. The van der Waals surface area contributed by atoms with E-state index < -0.39 is 40.8 Å². The van der Waals surface area contributed by atoms with Gasteiger partial charge in [-0.3, -0.25) is 9.59 Å². The lowest BCUT2D eigenvalue weighted by molar-refractivity contribution is -0.215. The molecule has 4 unspecified atom stereocenters. The number of cyclic esters (lactones) is 1. The standard InChI is InChI=1S/C24H30O7/c1-11(25)7-12-8-23(2)14(5-6-15(23)26)17-18(12)24(3)16(10-29-4)31-22(28)13-9-30-21(19(13)24)20(17)27/h9,12,14,16-19,21H,5-8,10H2,1-4H3/t12-,14+,16-,17?,18?,19?,21?,23+,24-/m1/s1. The number of hydrogen-bond acceptors (Lipinski definition) is 7. The van der Waals surface area contributed by atoms with Crippen LogP contribution < -0.4 is 0 Å². The van der Waals surface area contributed by atoms with Crippen molar-refractivity contribution in [2.75, 3.05) is 13.7 Å². The Morgan fingerprint density at radius 1 is 1.26 bits per heavy atom. The van der Waals surface area contributed by atoms with Gasteiger partial charge in [0.15, 0.2) is 11.9 Å². The Kier molecular flexibility index (Phi) is 4.53. The molecule has 9 atom stereocenters. The minimum atomic E-state index is -0.746. The molecule has 5 rings (SSSR count). The number of Topliss-reactive ketones (excluding diaryl/α,β-unsaturated/α-hetero) is 3. The maximum Gasteiger partial charge on any atom is 0.337 e. The van der Waals surface area contributed by atoms with Gasteiger partial charge < -0.3 is 19.0 Å². The van der Waals surface area contributed by atoms with Crippen LogP contribution in [0, 0.1) is 40.4 Å². The maximum absolute atomic E-state index is 13.9. The predicted octanol–water partition coefficient (Wildman–Crippen LogP) is 2.26. The van der Waals surface area contributed by atoms with Crippen molar-refractivity contribution in [3.05, 3.63) is 11.8 Å². The van der Waals surface area contributed by atoms with E-state index in [2.05, 4.69) is 6.92 Å². The molecule has 168 valence electrons. The van der Waals surface area contributed by atoms with Crippen molar-refractivity contribution in [1.82, 2.24) is 0 Å². The van der Waals surface area contributed by atoms with Crippen molar-refractivity contribution in [2.24, 2.45) is 40.4 Å². The Labute approximate surface area is 181 Å². The second-order valence-electron chi connectivity index (χ2n) is 10.6. The number of carbonyl (C=O) groups excluding carboxylic acids is 4. The van der Waals surface area contributed by atoms with E-state index in [1.54, 1.807) is 14.0 Å². The third-order valence-corrected chi connectivity index (χ3v) is 9.18. The molecule has 3 saturated carbocycles. The highest BCUT2D eigenvalue weighted by atomic mass is 16.6. The van der Waals surface area contributed by atoms with E-state index in [1.165, 1.54) is 6.26 Å². The maximum atomic E-state index is 13.9. The summed E-state index contributed by atoms with van der Waals surface area (Å²) in [6.45, 7) is 5.82. The average molecular weight is 430 g/mol. The van der Waals surface area contributed by atoms with Crippen LogP contribution in [0.2, 0.25) is 0 Å². The predicted molar refractivity (Wildman–Crippen MR) is 108 cm³/mol. The highest BCUT2D eigenvalue weighted by Gasteiger charge is 2.73. The number of carbonyl (C=O) groups is 4. The summed E-state index contributed by atoms with van der Waals surface area (Å²) in [5, 5.41) is 0. The van der Waals surface area contributed by atoms with Crippen molar-refractivity contribution < 1.29 is 33.4 Å². The SMILES string of the molecule is COC[C@H]1OC(=O)C2=COC3C(=O)C4C([C@H](CC(C)=O)C[C@]5(C)C(=O)CC[C@@H]45)[C@]1(C)C23. The lowest BCUT2D eigenvalue weighted by Crippen LogP contribution is -2.69. The molecule has 3 aliphatic carbocycles. The minimum absolute atomic E-state index is 0.0243. The molecule has 2 aliphatic heterocycles. The molecule has 4 fully saturated rings. The molecule has 31 heavy (non-hydrogen) atoms. The first-order valence-electron chi connectivity index (χ1n) is 11.3. The summed E-state index contributed by atoms with van der Waals surface area (Å²) in [5.74, 6) is -1.47. The molecule has 5 aliphatic rings. The van der Waals surface area contributed by atoms with Gasteiger partial charge in [0.2, 0.25) is 0 Å². The van der Waals surface area contributed by atoms with Crippen molar-refractivity contribution in [3.8, 4) is 0 Å². The average Bonchev–Trinajstić information content (AvgIpc) is 3.27. The molecule has 0 aromatic heterocycles. The van der Waals surface area contributed by atoms with Crippen LogP contribution in [-0.2, 0) is 33.4 Å². The molecular formula is C24H30O7. The zero-order valence-corrected chi connectivity index (χ0v) is 18.5. The second-order valence-corrected chi connectivity index (χ2v) is 10.6. The smallest absolute Gasteiger partial charge is 0.337 e. The quantitative estimate of drug-likeness (QED) is 0.631. The fourth-order valence-electron chi connectivity index (χ4n) is 8.02. The first-order valence-corrected chi connectivity index (χ1v) is 11.3. The molecule has 0 N–H and O–H groups in total. The van der Waals surface area contributed by atoms with Gasteiger partial charge in [-0.25, -0.2) is 4.79 Å². The Morgan fingerprint density at radius 2 is 2.00 bits per heavy atom. The summed E-state index contributed by atoms with van der Waals surface area (Å²) in [6.07, 6.45) is 2.15. The molecule has 7 heteroatoms. The van der Waals surface area contributed by atoms with Crippen molar-refractivity contribution >= 4 is 23.3 Å². The largest absolute Gasteiger partial charge is 0.489 e. The molecule has 2 heterocycles. The van der Waals surface area contributed by atoms with Crippen LogP contribution in [0.5, 0.6) is 0 Å². The van der Waals surface area contributed by atoms with E-state index in [-0.39, 0.29) is 41.7 Å². The number of rotatable bonds is 4. The topological polar surface area (TPSA) is 96.0 Å². The van der Waals surface area contributed by atoms with Crippen LogP contribution in [0.15, 0.2) is 11.8 Å². The van der Waals surface area contributed by atoms with E-state index in [4.69, 9.17) is 14.2 Å². The number of hydrogen-bond donors (Lipinski definition) is 0. The number of esters is 1. The van der Waals surface area contributed by atoms with Gasteiger partial charge in [-0.05, 0) is 37.5 Å². The van der Waals surface area contributed by atoms with E-state index in [0.29, 0.717) is 31.3 Å². The number of ether oxygens (including phenoxy) is 3. The number of ketones is 3. The zero-order valence-electron chi connectivity index (χ0n) is 18.5. The summed E-state index contributed by atoms with van der Waals surface area (Å²) >= 11 is 0. The van der Waals surface area contributed by atoms with Crippen LogP contribution in [-0.4, -0.2) is 49.2 Å². The summed E-state index contributed by atoms with van der Waals surface area (Å²) < 4.78 is 17.1. The fourth-order valence-corrected chi connectivity index (χ4v) is 8.02. The Bertz CT molecular complexity index is 906. The summed E-state index contributed by atoms with van der Waals surface area (Å²) in [5.41, 5.74) is -0.816. The highest BCUT2D eigenvalue weighted by molar-refractivity contribution is 5.98. The van der Waals surface area contributed by atoms with Crippen LogP contribution in [0.3, 0.4) is 0 Å². The van der Waals surface area contributed by atoms with Gasteiger partial charge in [0, 0.05) is 42.6 Å². The molecule has 0 aromatic carbocycles. The molecule has 0 amide bonds. The monoisotopic (exact) mass is 430 g/mol. The molecule has 1 saturated heterocycles. The zero-order chi connectivity index (χ0) is 22.3. The van der Waals surface area contributed by atoms with Gasteiger partial charge in [-0.2, -0.15) is 0 Å². The number of fused-ring (bicyclic) bond motifs is 4. The molecule has 7 nitrogen and oxygen atoms in total. The summed E-state index contributed by atoms with van der Waals surface area (Å²) in [7, 11) is 1.57. The molecule has 0 spiro atoms. The molecule has 0 radical (unpaired) electrons. The molecule has 0 aromatic rings. The fraction of sp³-hybridized carbons (Fsp3) is 0.750. The Morgan fingerprint density at radius 3 is 2.68 bits per heavy atom. The number of methoxy groups -OCH3 is 1. The first-order chi connectivity index (χ1) is 14.6. The van der Waals surface area contributed by atoms with Gasteiger partial charge >= 0.3 is 5.97 Å². The second kappa shape index (κ2) is 6.74.